The van der Waals surface area contributed by atoms with Gasteiger partial charge in [0.1, 0.15) is 17.5 Å². The first-order valence-corrected chi connectivity index (χ1v) is 9.30. The van der Waals surface area contributed by atoms with Crippen LogP contribution in [0.4, 0.5) is 10.5 Å². The zero-order chi connectivity index (χ0) is 19.2. The van der Waals surface area contributed by atoms with E-state index in [1.165, 1.54) is 0 Å². The predicted octanol–water partition coefficient (Wildman–Crippen LogP) is 6.60. The molecule has 0 fully saturated rings. The van der Waals surface area contributed by atoms with E-state index in [9.17, 15) is 4.79 Å². The number of halogens is 2. The van der Waals surface area contributed by atoms with Gasteiger partial charge < -0.3 is 9.47 Å². The van der Waals surface area contributed by atoms with Crippen molar-refractivity contribution in [3.63, 3.8) is 0 Å². The molecule has 7 heteroatoms. The van der Waals surface area contributed by atoms with E-state index < -0.39 is 12.2 Å². The van der Waals surface area contributed by atoms with Gasteiger partial charge in [-0.2, -0.15) is 0 Å². The smallest absolute Gasteiger partial charge is 0.412 e. The minimum atomic E-state index is -0.629. The molecule has 27 heavy (non-hydrogen) atoms. The second-order valence-electron chi connectivity index (χ2n) is 5.61. The number of benzene rings is 2. The predicted molar refractivity (Wildman–Crippen MR) is 108 cm³/mol. The molecule has 1 unspecified atom stereocenters. The van der Waals surface area contributed by atoms with Crippen LogP contribution in [0, 0.1) is 0 Å². The molecule has 0 spiro atoms. The number of carbonyl (C=O) groups is 1. The van der Waals surface area contributed by atoms with Crippen molar-refractivity contribution >= 4 is 39.3 Å². The van der Waals surface area contributed by atoms with Gasteiger partial charge in [-0.3, -0.25) is 5.32 Å². The number of anilines is 1. The van der Waals surface area contributed by atoms with Gasteiger partial charge in [0.05, 0.1) is 0 Å². The van der Waals surface area contributed by atoms with Gasteiger partial charge in [0.15, 0.2) is 0 Å². The highest BCUT2D eigenvalue weighted by Crippen LogP contribution is 2.29. The van der Waals surface area contributed by atoms with Gasteiger partial charge in [-0.25, -0.2) is 9.78 Å². The Bertz CT molecular complexity index is 935. The molecule has 138 valence electrons. The molecule has 0 bridgehead atoms. The lowest BCUT2D eigenvalue weighted by molar-refractivity contribution is 0.121. The molecule has 0 saturated heterocycles. The van der Waals surface area contributed by atoms with Gasteiger partial charge in [0, 0.05) is 21.3 Å². The molecule has 0 radical (unpaired) electrons. The third kappa shape index (κ3) is 5.21. The average Bonchev–Trinajstić information content (AvgIpc) is 2.65. The molecule has 2 aromatic carbocycles. The molecule has 5 nitrogen and oxygen atoms in total. The summed E-state index contributed by atoms with van der Waals surface area (Å²) in [5.41, 5.74) is 1.13. The Morgan fingerprint density at radius 2 is 1.85 bits per heavy atom. The van der Waals surface area contributed by atoms with Crippen LogP contribution in [0.2, 0.25) is 5.02 Å². The molecule has 0 aliphatic rings. The van der Waals surface area contributed by atoms with Gasteiger partial charge in [0.2, 0.25) is 5.88 Å². The molecule has 1 N–H and O–H groups in total. The van der Waals surface area contributed by atoms with Crippen molar-refractivity contribution in [1.29, 1.82) is 0 Å². The Morgan fingerprint density at radius 1 is 1.11 bits per heavy atom. The van der Waals surface area contributed by atoms with E-state index in [0.717, 1.165) is 10.0 Å². The van der Waals surface area contributed by atoms with Crippen molar-refractivity contribution in [1.82, 2.24) is 4.98 Å². The van der Waals surface area contributed by atoms with Crippen molar-refractivity contribution < 1.29 is 14.3 Å². The van der Waals surface area contributed by atoms with Gasteiger partial charge in [0.25, 0.3) is 0 Å². The van der Waals surface area contributed by atoms with E-state index in [4.69, 9.17) is 21.1 Å². The maximum Gasteiger partial charge on any atom is 0.412 e. The summed E-state index contributed by atoms with van der Waals surface area (Å²) in [5, 5.41) is 3.20. The van der Waals surface area contributed by atoms with Crippen molar-refractivity contribution in [2.75, 3.05) is 5.32 Å². The second kappa shape index (κ2) is 8.88. The Balaban J connectivity index is 1.69. The summed E-state index contributed by atoms with van der Waals surface area (Å²) in [6, 6.07) is 17.9. The lowest BCUT2D eigenvalue weighted by atomic mass is 10.1. The Labute approximate surface area is 170 Å². The minimum Gasteiger partial charge on any atom is -0.441 e. The number of ether oxygens (including phenoxy) is 2. The number of aromatic nitrogens is 1. The van der Waals surface area contributed by atoms with Gasteiger partial charge in [-0.15, -0.1) is 0 Å². The quantitative estimate of drug-likeness (QED) is 0.479. The van der Waals surface area contributed by atoms with Crippen LogP contribution in [0.3, 0.4) is 0 Å². The molecule has 0 aliphatic carbocycles. The van der Waals surface area contributed by atoms with Crippen molar-refractivity contribution in [3.8, 4) is 11.6 Å². The number of nitrogens with one attached hydrogen (secondary N) is 1. The second-order valence-corrected chi connectivity index (χ2v) is 6.93. The number of hydrogen-bond acceptors (Lipinski definition) is 4. The van der Waals surface area contributed by atoms with Crippen molar-refractivity contribution in [2.24, 2.45) is 0 Å². The van der Waals surface area contributed by atoms with Crippen LogP contribution in [0.15, 0.2) is 71.3 Å². The molecule has 0 saturated carbocycles. The first-order valence-electron chi connectivity index (χ1n) is 8.13. The molecule has 0 aliphatic heterocycles. The third-order valence-electron chi connectivity index (χ3n) is 3.66. The van der Waals surface area contributed by atoms with Crippen LogP contribution >= 0.6 is 27.5 Å². The van der Waals surface area contributed by atoms with Crippen LogP contribution in [-0.2, 0) is 4.74 Å². The zero-order valence-corrected chi connectivity index (χ0v) is 16.7. The van der Waals surface area contributed by atoms with Gasteiger partial charge >= 0.3 is 6.09 Å². The molecular formula is C20H16BrClN2O3. The number of nitrogens with zero attached hydrogens (tertiary/aromatic N) is 1. The fourth-order valence-electron chi connectivity index (χ4n) is 2.35. The average molecular weight is 448 g/mol. The number of rotatable bonds is 5. The van der Waals surface area contributed by atoms with Crippen LogP contribution < -0.4 is 10.1 Å². The monoisotopic (exact) mass is 446 g/mol. The van der Waals surface area contributed by atoms with E-state index in [-0.39, 0.29) is 5.88 Å². The SMILES string of the molecule is CC(OC(=O)Nc1cccnc1Oc1ccc(Br)cc1)c1ccccc1Cl. The molecule has 1 heterocycles. The van der Waals surface area contributed by atoms with Crippen molar-refractivity contribution in [2.45, 2.75) is 13.0 Å². The molecule has 1 aromatic heterocycles. The number of amides is 1. The van der Waals surface area contributed by atoms with Gasteiger partial charge in [-0.05, 0) is 49.4 Å². The van der Waals surface area contributed by atoms with Crippen molar-refractivity contribution in [3.05, 3.63) is 81.9 Å². The lowest BCUT2D eigenvalue weighted by Crippen LogP contribution is -2.16. The number of carbonyl (C=O) groups excluding carboxylic acids is 1. The summed E-state index contributed by atoms with van der Waals surface area (Å²) in [6.45, 7) is 1.75. The standard InChI is InChI=1S/C20H16BrClN2O3/c1-13(16-5-2-3-6-17(16)22)26-20(25)24-18-7-4-12-23-19(18)27-15-10-8-14(21)9-11-15/h2-13H,1H3,(H,24,25). The van der Waals surface area contributed by atoms with E-state index in [0.29, 0.717) is 16.5 Å². The van der Waals surface area contributed by atoms with Crippen LogP contribution in [0.5, 0.6) is 11.6 Å². The Morgan fingerprint density at radius 3 is 2.59 bits per heavy atom. The lowest BCUT2D eigenvalue weighted by Gasteiger charge is -2.16. The highest BCUT2D eigenvalue weighted by molar-refractivity contribution is 9.10. The molecule has 1 atom stereocenters. The highest BCUT2D eigenvalue weighted by Gasteiger charge is 2.16. The fourth-order valence-corrected chi connectivity index (χ4v) is 2.90. The topological polar surface area (TPSA) is 60.5 Å². The maximum absolute atomic E-state index is 12.3. The van der Waals surface area contributed by atoms with Crippen LogP contribution in [0.1, 0.15) is 18.6 Å². The maximum atomic E-state index is 12.3. The van der Waals surface area contributed by atoms with E-state index in [2.05, 4.69) is 26.2 Å². The summed E-state index contributed by atoms with van der Waals surface area (Å²) in [7, 11) is 0. The van der Waals surface area contributed by atoms with Crippen LogP contribution in [0.25, 0.3) is 0 Å². The number of hydrogen-bond donors (Lipinski definition) is 1. The molecular weight excluding hydrogens is 432 g/mol. The Hall–Kier alpha value is -2.57. The fraction of sp³-hybridized carbons (Fsp3) is 0.100. The summed E-state index contributed by atoms with van der Waals surface area (Å²) in [6.07, 6.45) is 0.444. The summed E-state index contributed by atoms with van der Waals surface area (Å²) in [4.78, 5) is 16.5. The molecule has 3 rings (SSSR count). The molecule has 1 amide bonds. The van der Waals surface area contributed by atoms with E-state index in [1.807, 2.05) is 30.3 Å². The summed E-state index contributed by atoms with van der Waals surface area (Å²) in [5.74, 6) is 0.861. The van der Waals surface area contributed by atoms with Gasteiger partial charge in [-0.1, -0.05) is 45.7 Å². The summed E-state index contributed by atoms with van der Waals surface area (Å²) < 4.78 is 12.1. The van der Waals surface area contributed by atoms with E-state index >= 15 is 0 Å². The minimum absolute atomic E-state index is 0.266. The number of pyridine rings is 1. The first kappa shape index (κ1) is 19.2. The van der Waals surface area contributed by atoms with E-state index in [1.54, 1.807) is 43.5 Å². The zero-order valence-electron chi connectivity index (χ0n) is 14.4. The Kier molecular flexibility index (Phi) is 6.32. The molecule has 3 aromatic rings. The third-order valence-corrected chi connectivity index (χ3v) is 4.54. The summed E-state index contributed by atoms with van der Waals surface area (Å²) >= 11 is 9.52. The highest BCUT2D eigenvalue weighted by atomic mass is 79.9. The van der Waals surface area contributed by atoms with Crippen LogP contribution in [-0.4, -0.2) is 11.1 Å². The normalized spacial score (nSPS) is 11.5. The largest absolute Gasteiger partial charge is 0.441 e. The first-order chi connectivity index (χ1) is 13.0.